The topological polar surface area (TPSA) is 54.7 Å². The number of nitrogen functional groups attached to an aromatic ring is 1. The number of nitrogens with zero attached hydrogens (tertiary/aromatic N) is 1. The molecular weight excluding hydrogens is 304 g/mol. The molecule has 7 heteroatoms. The molecule has 0 spiro atoms. The Morgan fingerprint density at radius 2 is 2.05 bits per heavy atom. The van der Waals surface area contributed by atoms with Crippen molar-refractivity contribution >= 4 is 28.8 Å². The first kappa shape index (κ1) is 13.1. The number of halogens is 3. The van der Waals surface area contributed by atoms with Crippen LogP contribution in [-0.2, 0) is 0 Å². The first-order valence-electron chi connectivity index (χ1n) is 5.60. The molecule has 1 aromatic carbocycles. The molecule has 3 nitrogen and oxygen atoms in total. The fourth-order valence-corrected chi connectivity index (χ4v) is 3.11. The van der Waals surface area contributed by atoms with Crippen molar-refractivity contribution in [1.29, 1.82) is 0 Å². The second-order valence-corrected chi connectivity index (χ2v) is 5.40. The molecular formula is C13H8ClF2N3S. The van der Waals surface area contributed by atoms with Crippen molar-refractivity contribution in [2.24, 2.45) is 0 Å². The Morgan fingerprint density at radius 1 is 1.25 bits per heavy atom. The van der Waals surface area contributed by atoms with Crippen LogP contribution in [0, 0.1) is 11.6 Å². The van der Waals surface area contributed by atoms with Crippen LogP contribution in [0.25, 0.3) is 21.7 Å². The minimum atomic E-state index is -0.702. The SMILES string of the molecule is Nc1n[nH]c(-c2sccc2Cl)c1-c1ccc(F)cc1F. The summed E-state index contributed by atoms with van der Waals surface area (Å²) in [5.74, 6) is -1.22. The smallest absolute Gasteiger partial charge is 0.153 e. The molecule has 3 aromatic rings. The molecule has 0 saturated heterocycles. The third-order valence-corrected chi connectivity index (χ3v) is 4.20. The van der Waals surface area contributed by atoms with Crippen molar-refractivity contribution in [3.8, 4) is 21.7 Å². The largest absolute Gasteiger partial charge is 0.382 e. The van der Waals surface area contributed by atoms with Gasteiger partial charge in [-0.05, 0) is 23.6 Å². The standard InChI is InChI=1S/C13H8ClF2N3S/c14-8-3-4-20-12(8)11-10(13(17)19-18-11)7-2-1-6(15)5-9(7)16/h1-5H,(H3,17,18,19). The number of rotatable bonds is 2. The van der Waals surface area contributed by atoms with Crippen LogP contribution in [0.5, 0.6) is 0 Å². The van der Waals surface area contributed by atoms with Gasteiger partial charge in [-0.15, -0.1) is 11.3 Å². The summed E-state index contributed by atoms with van der Waals surface area (Å²) >= 11 is 7.45. The maximum absolute atomic E-state index is 13.9. The molecule has 0 amide bonds. The van der Waals surface area contributed by atoms with E-state index in [1.807, 2.05) is 0 Å². The molecule has 20 heavy (non-hydrogen) atoms. The van der Waals surface area contributed by atoms with Crippen molar-refractivity contribution in [2.75, 3.05) is 5.73 Å². The van der Waals surface area contributed by atoms with E-state index in [1.165, 1.54) is 23.5 Å². The van der Waals surface area contributed by atoms with Gasteiger partial charge in [-0.2, -0.15) is 5.10 Å². The Bertz CT molecular complexity index is 782. The molecule has 0 aliphatic carbocycles. The highest BCUT2D eigenvalue weighted by Gasteiger charge is 2.20. The lowest BCUT2D eigenvalue weighted by molar-refractivity contribution is 0.585. The Morgan fingerprint density at radius 3 is 2.70 bits per heavy atom. The minimum absolute atomic E-state index is 0.134. The summed E-state index contributed by atoms with van der Waals surface area (Å²) in [6.45, 7) is 0. The van der Waals surface area contributed by atoms with E-state index in [4.69, 9.17) is 17.3 Å². The van der Waals surface area contributed by atoms with Gasteiger partial charge in [0.1, 0.15) is 11.6 Å². The van der Waals surface area contributed by atoms with Crippen molar-refractivity contribution < 1.29 is 8.78 Å². The van der Waals surface area contributed by atoms with E-state index in [2.05, 4.69) is 10.2 Å². The summed E-state index contributed by atoms with van der Waals surface area (Å²) in [6, 6.07) is 5.03. The number of benzene rings is 1. The van der Waals surface area contributed by atoms with Crippen molar-refractivity contribution in [2.45, 2.75) is 0 Å². The molecule has 0 atom stereocenters. The zero-order chi connectivity index (χ0) is 14.3. The molecule has 0 radical (unpaired) electrons. The quantitative estimate of drug-likeness (QED) is 0.740. The number of hydrogen-bond acceptors (Lipinski definition) is 3. The zero-order valence-electron chi connectivity index (χ0n) is 9.95. The Labute approximate surface area is 122 Å². The van der Waals surface area contributed by atoms with Gasteiger partial charge < -0.3 is 5.73 Å². The molecule has 3 rings (SSSR count). The van der Waals surface area contributed by atoms with E-state index in [0.717, 1.165) is 6.07 Å². The second-order valence-electron chi connectivity index (χ2n) is 4.08. The van der Waals surface area contributed by atoms with E-state index in [0.29, 0.717) is 21.2 Å². The van der Waals surface area contributed by atoms with Crippen LogP contribution in [0.2, 0.25) is 5.02 Å². The van der Waals surface area contributed by atoms with E-state index in [9.17, 15) is 8.78 Å². The molecule has 0 fully saturated rings. The number of nitrogens with one attached hydrogen (secondary N) is 1. The number of aromatic amines is 1. The van der Waals surface area contributed by atoms with Crippen LogP contribution in [-0.4, -0.2) is 10.2 Å². The third kappa shape index (κ3) is 2.07. The van der Waals surface area contributed by atoms with Gasteiger partial charge >= 0.3 is 0 Å². The number of nitrogens with two attached hydrogens (primary N) is 1. The molecule has 3 N–H and O–H groups in total. The number of anilines is 1. The van der Waals surface area contributed by atoms with Crippen LogP contribution < -0.4 is 5.73 Å². The van der Waals surface area contributed by atoms with E-state index in [-0.39, 0.29) is 11.4 Å². The number of H-pyrrole nitrogens is 1. The van der Waals surface area contributed by atoms with Crippen molar-refractivity contribution in [3.05, 3.63) is 46.3 Å². The molecule has 0 aliphatic rings. The van der Waals surface area contributed by atoms with Gasteiger partial charge in [0.2, 0.25) is 0 Å². The fraction of sp³-hybridized carbons (Fsp3) is 0. The van der Waals surface area contributed by atoms with Gasteiger partial charge in [-0.25, -0.2) is 8.78 Å². The van der Waals surface area contributed by atoms with Crippen LogP contribution in [0.1, 0.15) is 0 Å². The van der Waals surface area contributed by atoms with E-state index >= 15 is 0 Å². The predicted octanol–water partition coefficient (Wildman–Crippen LogP) is 4.32. The average molecular weight is 312 g/mol. The van der Waals surface area contributed by atoms with Crippen LogP contribution in [0.4, 0.5) is 14.6 Å². The van der Waals surface area contributed by atoms with E-state index < -0.39 is 11.6 Å². The second kappa shape index (κ2) is 4.88. The lowest BCUT2D eigenvalue weighted by Crippen LogP contribution is -1.92. The summed E-state index contributed by atoms with van der Waals surface area (Å²) < 4.78 is 27.0. The summed E-state index contributed by atoms with van der Waals surface area (Å²) in [6.07, 6.45) is 0. The fourth-order valence-electron chi connectivity index (χ4n) is 1.96. The first-order valence-corrected chi connectivity index (χ1v) is 6.86. The lowest BCUT2D eigenvalue weighted by atomic mass is 10.0. The highest BCUT2D eigenvalue weighted by Crippen LogP contribution is 2.41. The highest BCUT2D eigenvalue weighted by atomic mass is 35.5. The van der Waals surface area contributed by atoms with Crippen molar-refractivity contribution in [3.63, 3.8) is 0 Å². The summed E-state index contributed by atoms with van der Waals surface area (Å²) in [7, 11) is 0. The minimum Gasteiger partial charge on any atom is -0.382 e. The van der Waals surface area contributed by atoms with Crippen LogP contribution in [0.15, 0.2) is 29.6 Å². The maximum atomic E-state index is 13.9. The van der Waals surface area contributed by atoms with Gasteiger partial charge in [0.25, 0.3) is 0 Å². The normalized spacial score (nSPS) is 10.9. The number of aromatic nitrogens is 2. The molecule has 2 aromatic heterocycles. The zero-order valence-corrected chi connectivity index (χ0v) is 11.5. The Balaban J connectivity index is 2.24. The van der Waals surface area contributed by atoms with Gasteiger partial charge in [0, 0.05) is 11.6 Å². The van der Waals surface area contributed by atoms with Crippen molar-refractivity contribution in [1.82, 2.24) is 10.2 Å². The third-order valence-electron chi connectivity index (χ3n) is 2.84. The molecule has 2 heterocycles. The van der Waals surface area contributed by atoms with Gasteiger partial charge in [-0.1, -0.05) is 11.6 Å². The highest BCUT2D eigenvalue weighted by molar-refractivity contribution is 7.14. The van der Waals surface area contributed by atoms with Gasteiger partial charge in [-0.3, -0.25) is 5.10 Å². The summed E-state index contributed by atoms with van der Waals surface area (Å²) in [5, 5.41) is 8.96. The van der Waals surface area contributed by atoms with Crippen LogP contribution >= 0.6 is 22.9 Å². The molecule has 0 aliphatic heterocycles. The summed E-state index contributed by atoms with van der Waals surface area (Å²) in [5.41, 5.74) is 6.88. The first-order chi connectivity index (χ1) is 9.58. The molecule has 102 valence electrons. The summed E-state index contributed by atoms with van der Waals surface area (Å²) in [4.78, 5) is 0.703. The van der Waals surface area contributed by atoms with E-state index in [1.54, 1.807) is 11.4 Å². The molecule has 0 unspecified atom stereocenters. The maximum Gasteiger partial charge on any atom is 0.153 e. The average Bonchev–Trinajstić information content (AvgIpc) is 2.96. The predicted molar refractivity (Wildman–Crippen MR) is 76.7 cm³/mol. The molecule has 0 saturated carbocycles. The van der Waals surface area contributed by atoms with Gasteiger partial charge in [0.05, 0.1) is 21.2 Å². The Kier molecular flexibility index (Phi) is 3.19. The van der Waals surface area contributed by atoms with Crippen LogP contribution in [0.3, 0.4) is 0 Å². The number of thiophene rings is 1. The molecule has 0 bridgehead atoms. The number of hydrogen-bond donors (Lipinski definition) is 2. The van der Waals surface area contributed by atoms with Gasteiger partial charge in [0.15, 0.2) is 5.82 Å². The Hall–Kier alpha value is -1.92. The lowest BCUT2D eigenvalue weighted by Gasteiger charge is -2.05. The monoisotopic (exact) mass is 311 g/mol.